The molecule has 1 unspecified atom stereocenters. The summed E-state index contributed by atoms with van der Waals surface area (Å²) in [4.78, 5) is 2.20. The summed E-state index contributed by atoms with van der Waals surface area (Å²) in [7, 11) is 0. The maximum Gasteiger partial charge on any atom is 0.0814 e. The standard InChI is InChI=1S/C10H18N2O/c1-8(11)6-12-5-4-10(13,7-12)9-2-3-9/h9,11,13H,2-7H2,1H3. The molecule has 0 bridgehead atoms. The van der Waals surface area contributed by atoms with Crippen LogP contribution in [0.3, 0.4) is 0 Å². The van der Waals surface area contributed by atoms with Crippen molar-refractivity contribution >= 4 is 5.71 Å². The van der Waals surface area contributed by atoms with Gasteiger partial charge in [0, 0.05) is 25.3 Å². The fraction of sp³-hybridized carbons (Fsp3) is 0.900. The van der Waals surface area contributed by atoms with Gasteiger partial charge in [0.15, 0.2) is 0 Å². The van der Waals surface area contributed by atoms with E-state index in [1.807, 2.05) is 6.92 Å². The van der Waals surface area contributed by atoms with E-state index in [0.29, 0.717) is 11.6 Å². The van der Waals surface area contributed by atoms with Crippen LogP contribution in [0.4, 0.5) is 0 Å². The minimum Gasteiger partial charge on any atom is -0.388 e. The molecule has 1 saturated heterocycles. The molecule has 0 amide bonds. The molecule has 0 radical (unpaired) electrons. The molecule has 2 rings (SSSR count). The second-order valence-electron chi connectivity index (χ2n) is 4.62. The van der Waals surface area contributed by atoms with Gasteiger partial charge < -0.3 is 10.5 Å². The van der Waals surface area contributed by atoms with Gasteiger partial charge in [0.1, 0.15) is 0 Å². The van der Waals surface area contributed by atoms with E-state index in [1.54, 1.807) is 0 Å². The molecule has 1 aliphatic carbocycles. The summed E-state index contributed by atoms with van der Waals surface area (Å²) in [6.07, 6.45) is 3.31. The molecule has 2 aliphatic rings. The second-order valence-corrected chi connectivity index (χ2v) is 4.62. The number of hydrogen-bond donors (Lipinski definition) is 2. The Labute approximate surface area is 79.3 Å². The molecule has 2 N–H and O–H groups in total. The number of aliphatic hydroxyl groups is 1. The zero-order chi connectivity index (χ0) is 9.47. The molecule has 3 nitrogen and oxygen atoms in total. The number of nitrogens with zero attached hydrogens (tertiary/aromatic N) is 1. The third-order valence-electron chi connectivity index (χ3n) is 3.16. The molecule has 74 valence electrons. The molecule has 0 aromatic carbocycles. The lowest BCUT2D eigenvalue weighted by molar-refractivity contribution is 0.0285. The molecular weight excluding hydrogens is 164 g/mol. The third-order valence-corrected chi connectivity index (χ3v) is 3.16. The Balaban J connectivity index is 1.89. The molecular formula is C10H18N2O. The van der Waals surface area contributed by atoms with Gasteiger partial charge in [-0.1, -0.05) is 0 Å². The summed E-state index contributed by atoms with van der Waals surface area (Å²) in [5, 5.41) is 17.6. The van der Waals surface area contributed by atoms with Crippen LogP contribution < -0.4 is 0 Å². The highest BCUT2D eigenvalue weighted by atomic mass is 16.3. The summed E-state index contributed by atoms with van der Waals surface area (Å²) < 4.78 is 0. The van der Waals surface area contributed by atoms with E-state index in [9.17, 15) is 5.11 Å². The SMILES string of the molecule is CC(=N)CN1CCC(O)(C2CC2)C1. The van der Waals surface area contributed by atoms with Crippen molar-refractivity contribution in [3.8, 4) is 0 Å². The molecule has 2 fully saturated rings. The first-order chi connectivity index (χ1) is 6.10. The summed E-state index contributed by atoms with van der Waals surface area (Å²) in [5.74, 6) is 0.559. The summed E-state index contributed by atoms with van der Waals surface area (Å²) in [6, 6.07) is 0. The van der Waals surface area contributed by atoms with Gasteiger partial charge in [0.05, 0.1) is 5.60 Å². The van der Waals surface area contributed by atoms with E-state index >= 15 is 0 Å². The largest absolute Gasteiger partial charge is 0.388 e. The Morgan fingerprint density at radius 1 is 1.62 bits per heavy atom. The van der Waals surface area contributed by atoms with Gasteiger partial charge >= 0.3 is 0 Å². The Kier molecular flexibility index (Phi) is 2.16. The lowest BCUT2D eigenvalue weighted by Crippen LogP contribution is -2.36. The topological polar surface area (TPSA) is 47.3 Å². The van der Waals surface area contributed by atoms with Crippen molar-refractivity contribution in [2.75, 3.05) is 19.6 Å². The highest BCUT2D eigenvalue weighted by molar-refractivity contribution is 5.80. The minimum atomic E-state index is -0.407. The lowest BCUT2D eigenvalue weighted by atomic mass is 9.97. The Hall–Kier alpha value is -0.410. The monoisotopic (exact) mass is 182 g/mol. The quantitative estimate of drug-likeness (QED) is 0.636. The molecule has 3 heteroatoms. The van der Waals surface area contributed by atoms with E-state index < -0.39 is 5.60 Å². The summed E-state index contributed by atoms with van der Waals surface area (Å²) >= 11 is 0. The van der Waals surface area contributed by atoms with Gasteiger partial charge in [-0.2, -0.15) is 0 Å². The van der Waals surface area contributed by atoms with Gasteiger partial charge in [0.25, 0.3) is 0 Å². The Bertz CT molecular complexity index is 225. The van der Waals surface area contributed by atoms with Gasteiger partial charge in [-0.3, -0.25) is 4.90 Å². The minimum absolute atomic E-state index is 0.407. The van der Waals surface area contributed by atoms with Crippen LogP contribution in [0.5, 0.6) is 0 Å². The molecule has 0 aromatic heterocycles. The molecule has 0 aromatic rings. The third kappa shape index (κ3) is 1.92. The fourth-order valence-electron chi connectivity index (χ4n) is 2.32. The zero-order valence-electron chi connectivity index (χ0n) is 8.21. The number of hydrogen-bond acceptors (Lipinski definition) is 3. The molecule has 1 atom stereocenters. The smallest absolute Gasteiger partial charge is 0.0814 e. The number of nitrogens with one attached hydrogen (secondary N) is 1. The number of rotatable bonds is 3. The highest BCUT2D eigenvalue weighted by Crippen LogP contribution is 2.44. The summed E-state index contributed by atoms with van der Waals surface area (Å²) in [5.41, 5.74) is 0.287. The molecule has 1 heterocycles. The van der Waals surface area contributed by atoms with E-state index in [1.165, 1.54) is 12.8 Å². The second kappa shape index (κ2) is 3.07. The van der Waals surface area contributed by atoms with Crippen molar-refractivity contribution in [1.29, 1.82) is 5.41 Å². The first kappa shape index (κ1) is 9.16. The van der Waals surface area contributed by atoms with E-state index in [2.05, 4.69) is 4.90 Å². The first-order valence-electron chi connectivity index (χ1n) is 5.09. The number of likely N-dealkylation sites (tertiary alicyclic amines) is 1. The molecule has 1 aliphatic heterocycles. The van der Waals surface area contributed by atoms with E-state index in [4.69, 9.17) is 5.41 Å². The van der Waals surface area contributed by atoms with Crippen LogP contribution in [0.1, 0.15) is 26.2 Å². The average molecular weight is 182 g/mol. The molecule has 13 heavy (non-hydrogen) atoms. The van der Waals surface area contributed by atoms with Crippen LogP contribution in [-0.2, 0) is 0 Å². The maximum absolute atomic E-state index is 10.2. The van der Waals surface area contributed by atoms with Crippen molar-refractivity contribution in [3.05, 3.63) is 0 Å². The van der Waals surface area contributed by atoms with Gasteiger partial charge in [-0.15, -0.1) is 0 Å². The van der Waals surface area contributed by atoms with Crippen LogP contribution in [0.25, 0.3) is 0 Å². The predicted octanol–water partition coefficient (Wildman–Crippen LogP) is 0.873. The van der Waals surface area contributed by atoms with E-state index in [-0.39, 0.29) is 0 Å². The van der Waals surface area contributed by atoms with Crippen LogP contribution in [0.15, 0.2) is 0 Å². The normalized spacial score (nSPS) is 35.2. The molecule has 0 spiro atoms. The fourth-order valence-corrected chi connectivity index (χ4v) is 2.32. The zero-order valence-corrected chi connectivity index (χ0v) is 8.21. The van der Waals surface area contributed by atoms with Gasteiger partial charge in [0.2, 0.25) is 0 Å². The average Bonchev–Trinajstić information content (AvgIpc) is 2.78. The Morgan fingerprint density at radius 3 is 2.85 bits per heavy atom. The summed E-state index contributed by atoms with van der Waals surface area (Å²) in [6.45, 7) is 4.31. The maximum atomic E-state index is 10.2. The van der Waals surface area contributed by atoms with Crippen LogP contribution in [0, 0.1) is 11.3 Å². The lowest BCUT2D eigenvalue weighted by Gasteiger charge is -2.22. The predicted molar refractivity (Wildman–Crippen MR) is 52.1 cm³/mol. The van der Waals surface area contributed by atoms with Crippen molar-refractivity contribution in [2.24, 2.45) is 5.92 Å². The van der Waals surface area contributed by atoms with Crippen LogP contribution >= 0.6 is 0 Å². The van der Waals surface area contributed by atoms with Gasteiger partial charge in [-0.05, 0) is 32.1 Å². The number of β-amino-alcohol motifs (C(OH)–C–C–N with tert-alkyl or cyclic N) is 1. The van der Waals surface area contributed by atoms with Crippen molar-refractivity contribution in [2.45, 2.75) is 31.8 Å². The van der Waals surface area contributed by atoms with Crippen molar-refractivity contribution in [1.82, 2.24) is 4.90 Å². The van der Waals surface area contributed by atoms with Crippen LogP contribution in [-0.4, -0.2) is 41.0 Å². The Morgan fingerprint density at radius 2 is 2.31 bits per heavy atom. The van der Waals surface area contributed by atoms with Crippen molar-refractivity contribution < 1.29 is 5.11 Å². The van der Waals surface area contributed by atoms with Crippen LogP contribution in [0.2, 0.25) is 0 Å². The van der Waals surface area contributed by atoms with E-state index in [0.717, 1.165) is 26.1 Å². The highest BCUT2D eigenvalue weighted by Gasteiger charge is 2.47. The molecule has 1 saturated carbocycles. The first-order valence-corrected chi connectivity index (χ1v) is 5.09. The van der Waals surface area contributed by atoms with Gasteiger partial charge in [-0.25, -0.2) is 0 Å². The van der Waals surface area contributed by atoms with Crippen molar-refractivity contribution in [3.63, 3.8) is 0 Å².